The Morgan fingerprint density at radius 3 is 1.21 bits per heavy atom. The summed E-state index contributed by atoms with van der Waals surface area (Å²) >= 11 is 0. The van der Waals surface area contributed by atoms with Gasteiger partial charge >= 0.3 is 12.6 Å². The van der Waals surface area contributed by atoms with Crippen LogP contribution in [0.3, 0.4) is 0 Å². The lowest BCUT2D eigenvalue weighted by molar-refractivity contribution is -0.538. The highest BCUT2D eigenvalue weighted by molar-refractivity contribution is 7.86. The van der Waals surface area contributed by atoms with Crippen molar-refractivity contribution in [3.05, 3.63) is 102 Å². The highest BCUT2D eigenvalue weighted by Crippen LogP contribution is 2.41. The maximum absolute atomic E-state index is 10.7. The van der Waals surface area contributed by atoms with Gasteiger partial charge in [-0.1, -0.05) is 97.9 Å². The van der Waals surface area contributed by atoms with Gasteiger partial charge in [-0.15, -0.1) is 0 Å². The van der Waals surface area contributed by atoms with Crippen molar-refractivity contribution in [2.24, 2.45) is 0 Å². The Morgan fingerprint density at radius 1 is 0.651 bits per heavy atom. The van der Waals surface area contributed by atoms with E-state index in [0.717, 1.165) is 0 Å². The van der Waals surface area contributed by atoms with Crippen LogP contribution < -0.4 is 14.1 Å². The van der Waals surface area contributed by atoms with Crippen LogP contribution in [-0.2, 0) is 10.1 Å². The molecule has 0 N–H and O–H groups in total. The number of para-hydroxylation sites is 2. The second-order valence-corrected chi connectivity index (χ2v) is 13.2. The number of halogens is 3. The topological polar surface area (TPSA) is 67.6 Å². The lowest BCUT2D eigenvalue weighted by Gasteiger charge is -2.31. The predicted molar refractivity (Wildman–Crippen MR) is 167 cm³/mol. The van der Waals surface area contributed by atoms with E-state index in [1.807, 2.05) is 0 Å². The second kappa shape index (κ2) is 13.6. The van der Waals surface area contributed by atoms with Crippen LogP contribution in [0.25, 0.3) is 0 Å². The summed E-state index contributed by atoms with van der Waals surface area (Å²) in [5.74, 6) is 1.73. The maximum Gasteiger partial charge on any atom is 0.760 e. The van der Waals surface area contributed by atoms with E-state index in [0.29, 0.717) is 23.7 Å². The molecule has 43 heavy (non-hydrogen) atoms. The number of hydrogen-bond acceptors (Lipinski definition) is 5. The Hall–Kier alpha value is -3.31. The van der Waals surface area contributed by atoms with Gasteiger partial charge in [0, 0.05) is 23.8 Å². The molecule has 0 atom stereocenters. The van der Waals surface area contributed by atoms with Gasteiger partial charge in [-0.2, -0.15) is 13.2 Å². The summed E-state index contributed by atoms with van der Waals surface area (Å²) in [5.41, 5.74) is 2.61. The number of anilines is 2. The molecule has 0 radical (unpaired) electrons. The Morgan fingerprint density at radius 2 is 0.953 bits per heavy atom. The highest BCUT2D eigenvalue weighted by atomic mass is 32.2. The first-order valence-corrected chi connectivity index (χ1v) is 15.9. The summed E-state index contributed by atoms with van der Waals surface area (Å²) in [6.45, 7) is 18.4. The van der Waals surface area contributed by atoms with Crippen molar-refractivity contribution in [2.75, 3.05) is 9.62 Å². The standard InChI is InChI=1S/C31H41BN3.CHF3O3S/c1-22(2)26-14-12-15-27(23(3)4)30(26)34-20-21-35(32(34)33-18-10-9-11-19-33)31-28(24(5)6)16-13-17-29(31)25(7)8;2-1(3,4)8(5,6)7/h9-25H,1-8H3;(H,5,6,7)/q+1;/p-1. The molecular weight excluding hydrogens is 574 g/mol. The Labute approximate surface area is 254 Å². The Balaban J connectivity index is 0.000000557. The summed E-state index contributed by atoms with van der Waals surface area (Å²) in [6, 6.07) is 20.0. The number of benzene rings is 2. The normalized spacial score (nSPS) is 13.9. The van der Waals surface area contributed by atoms with Crippen LogP contribution in [-0.4, -0.2) is 25.6 Å². The molecule has 0 bridgehead atoms. The van der Waals surface area contributed by atoms with Gasteiger partial charge in [0.05, 0.1) is 0 Å². The van der Waals surface area contributed by atoms with Crippen molar-refractivity contribution in [3.63, 3.8) is 0 Å². The fourth-order valence-electron chi connectivity index (χ4n) is 5.28. The molecule has 6 nitrogen and oxygen atoms in total. The first-order chi connectivity index (χ1) is 20.0. The largest absolute Gasteiger partial charge is 0.760 e. The van der Waals surface area contributed by atoms with Crippen molar-refractivity contribution >= 4 is 28.6 Å². The molecule has 232 valence electrons. The molecule has 3 aromatic rings. The van der Waals surface area contributed by atoms with E-state index in [1.165, 1.54) is 33.6 Å². The molecule has 4 rings (SSSR count). The monoisotopic (exact) mass is 615 g/mol. The molecule has 1 aliphatic heterocycles. The molecule has 0 aliphatic carbocycles. The number of alkyl halides is 3. The maximum atomic E-state index is 10.7. The third-order valence-corrected chi connectivity index (χ3v) is 7.94. The summed E-state index contributed by atoms with van der Waals surface area (Å²) in [5, 5.41) is 0. The molecule has 0 spiro atoms. The molecule has 2 heterocycles. The van der Waals surface area contributed by atoms with E-state index in [-0.39, 0.29) is 7.12 Å². The van der Waals surface area contributed by atoms with Crippen LogP contribution >= 0.6 is 0 Å². The van der Waals surface area contributed by atoms with Gasteiger partial charge in [-0.25, -0.2) is 12.9 Å². The molecule has 11 heteroatoms. The Bertz CT molecular complexity index is 1400. The zero-order valence-corrected chi connectivity index (χ0v) is 26.8. The van der Waals surface area contributed by atoms with Gasteiger partial charge < -0.3 is 14.2 Å². The highest BCUT2D eigenvalue weighted by Gasteiger charge is 2.50. The quantitative estimate of drug-likeness (QED) is 0.154. The average molecular weight is 616 g/mol. The molecular formula is C32H41BF3N3O3S. The van der Waals surface area contributed by atoms with E-state index < -0.39 is 15.6 Å². The zero-order valence-electron chi connectivity index (χ0n) is 26.0. The summed E-state index contributed by atoms with van der Waals surface area (Å²) in [7, 11) is -6.11. The van der Waals surface area contributed by atoms with Crippen LogP contribution in [0.5, 0.6) is 0 Å². The van der Waals surface area contributed by atoms with Crippen molar-refractivity contribution in [2.45, 2.75) is 84.6 Å². The molecule has 0 unspecified atom stereocenters. The Kier molecular flexibility index (Phi) is 10.8. The van der Waals surface area contributed by atoms with Gasteiger partial charge in [-0.05, 0) is 58.1 Å². The van der Waals surface area contributed by atoms with Crippen LogP contribution in [0.4, 0.5) is 24.5 Å². The number of hydrogen-bond donors (Lipinski definition) is 0. The van der Waals surface area contributed by atoms with E-state index >= 15 is 0 Å². The van der Waals surface area contributed by atoms with Gasteiger partial charge in [0.15, 0.2) is 10.1 Å². The molecule has 2 aromatic carbocycles. The van der Waals surface area contributed by atoms with Crippen LogP contribution in [0.1, 0.15) is 101 Å². The minimum atomic E-state index is -6.09. The number of aromatic nitrogens is 1. The number of nitrogens with zero attached hydrogens (tertiary/aromatic N) is 3. The van der Waals surface area contributed by atoms with Gasteiger partial charge in [0.1, 0.15) is 12.4 Å². The second-order valence-electron chi connectivity index (χ2n) is 11.9. The van der Waals surface area contributed by atoms with Gasteiger partial charge in [0.2, 0.25) is 0 Å². The molecule has 1 aromatic heterocycles. The van der Waals surface area contributed by atoms with Crippen LogP contribution in [0.2, 0.25) is 0 Å². The first kappa shape index (κ1) is 34.2. The van der Waals surface area contributed by atoms with E-state index in [2.05, 4.69) is 149 Å². The molecule has 0 fully saturated rings. The third kappa shape index (κ3) is 7.62. The molecule has 1 aliphatic rings. The third-order valence-electron chi connectivity index (χ3n) is 7.38. The summed E-state index contributed by atoms with van der Waals surface area (Å²) < 4.78 is 61.2. The van der Waals surface area contributed by atoms with Crippen molar-refractivity contribution < 1.29 is 30.6 Å². The first-order valence-electron chi connectivity index (χ1n) is 14.5. The number of rotatable bonds is 7. The van der Waals surface area contributed by atoms with Gasteiger partial charge in [-0.3, -0.25) is 0 Å². The van der Waals surface area contributed by atoms with Crippen molar-refractivity contribution in [1.29, 1.82) is 0 Å². The van der Waals surface area contributed by atoms with Crippen molar-refractivity contribution in [3.8, 4) is 0 Å². The van der Waals surface area contributed by atoms with Gasteiger partial charge in [0.25, 0.3) is 0 Å². The lowest BCUT2D eigenvalue weighted by Crippen LogP contribution is -2.66. The predicted octanol–water partition coefficient (Wildman–Crippen LogP) is 7.85. The molecule has 0 amide bonds. The SMILES string of the molecule is CC(C)c1cccc(C(C)C)c1N1C=CN(c2c(C(C)C)cccc2C(C)C)B1[n+]1ccccc1.O=S(=O)([O-])C(F)(F)F. The minimum absolute atomic E-state index is 0.0222. The average Bonchev–Trinajstić information content (AvgIpc) is 3.36. The minimum Gasteiger partial charge on any atom is -0.741 e. The van der Waals surface area contributed by atoms with E-state index in [9.17, 15) is 13.2 Å². The zero-order chi connectivity index (χ0) is 32.3. The lowest BCUT2D eigenvalue weighted by atomic mass is 9.80. The van der Waals surface area contributed by atoms with Crippen LogP contribution in [0, 0.1) is 0 Å². The van der Waals surface area contributed by atoms with E-state index in [1.54, 1.807) is 0 Å². The number of pyridine rings is 1. The fourth-order valence-corrected chi connectivity index (χ4v) is 5.28. The molecule has 0 saturated carbocycles. The van der Waals surface area contributed by atoms with Crippen molar-refractivity contribution in [1.82, 2.24) is 0 Å². The van der Waals surface area contributed by atoms with Crippen LogP contribution in [0.15, 0.2) is 79.4 Å². The molecule has 0 saturated heterocycles. The summed E-state index contributed by atoms with van der Waals surface area (Å²) in [4.78, 5) is 4.98. The fraction of sp³-hybridized carbons (Fsp3) is 0.406. The smallest absolute Gasteiger partial charge is 0.741 e. The van der Waals surface area contributed by atoms with E-state index in [4.69, 9.17) is 13.0 Å². The summed E-state index contributed by atoms with van der Waals surface area (Å²) in [6.07, 6.45) is 8.97.